The molecule has 82 valence electrons. The summed E-state index contributed by atoms with van der Waals surface area (Å²) in [6, 6.07) is 7.24. The topological polar surface area (TPSA) is 15.3 Å². The number of halogens is 1. The Labute approximate surface area is 99.8 Å². The molecule has 1 unspecified atom stereocenters. The van der Waals surface area contributed by atoms with Crippen molar-refractivity contribution >= 4 is 21.6 Å². The van der Waals surface area contributed by atoms with Gasteiger partial charge in [-0.2, -0.15) is 0 Å². The lowest BCUT2D eigenvalue weighted by molar-refractivity contribution is 0.617. The first-order valence-corrected chi connectivity index (χ1v) is 6.18. The van der Waals surface area contributed by atoms with Gasteiger partial charge >= 0.3 is 0 Å². The van der Waals surface area contributed by atoms with Gasteiger partial charge < -0.3 is 10.2 Å². The second-order valence-electron chi connectivity index (χ2n) is 4.21. The van der Waals surface area contributed by atoms with E-state index < -0.39 is 0 Å². The summed E-state index contributed by atoms with van der Waals surface area (Å²) in [6.45, 7) is 4.41. The maximum Gasteiger partial charge on any atom is 0.0380 e. The molecule has 1 saturated heterocycles. The van der Waals surface area contributed by atoms with Gasteiger partial charge in [-0.1, -0.05) is 15.9 Å². The van der Waals surface area contributed by atoms with Crippen LogP contribution in [0.4, 0.5) is 5.69 Å². The number of nitrogens with zero attached hydrogens (tertiary/aromatic N) is 1. The molecule has 0 saturated carbocycles. The van der Waals surface area contributed by atoms with E-state index in [-0.39, 0.29) is 0 Å². The third kappa shape index (κ3) is 2.52. The standard InChI is InChI=1S/C12H17BrN2/c1-9-5-10(13)7-12(6-9)15-4-3-11(8-15)14-2/h5-7,11,14H,3-4,8H2,1-2H3. The van der Waals surface area contributed by atoms with Gasteiger partial charge in [-0.05, 0) is 44.2 Å². The second-order valence-corrected chi connectivity index (χ2v) is 5.12. The molecule has 0 amide bonds. The van der Waals surface area contributed by atoms with E-state index in [1.807, 2.05) is 7.05 Å². The average Bonchev–Trinajstić information content (AvgIpc) is 2.64. The smallest absolute Gasteiger partial charge is 0.0380 e. The summed E-state index contributed by atoms with van der Waals surface area (Å²) in [7, 11) is 2.04. The van der Waals surface area contributed by atoms with Crippen LogP contribution in [0.2, 0.25) is 0 Å². The molecule has 0 aromatic heterocycles. The average molecular weight is 269 g/mol. The Balaban J connectivity index is 2.16. The van der Waals surface area contributed by atoms with E-state index in [9.17, 15) is 0 Å². The molecule has 1 aliphatic rings. The van der Waals surface area contributed by atoms with Crippen LogP contribution in [-0.4, -0.2) is 26.2 Å². The molecule has 3 heteroatoms. The number of hydrogen-bond acceptors (Lipinski definition) is 2. The fourth-order valence-electron chi connectivity index (χ4n) is 2.13. The lowest BCUT2D eigenvalue weighted by atomic mass is 10.2. The lowest BCUT2D eigenvalue weighted by Gasteiger charge is -2.19. The quantitative estimate of drug-likeness (QED) is 0.887. The highest BCUT2D eigenvalue weighted by molar-refractivity contribution is 9.10. The number of likely N-dealkylation sites (N-methyl/N-ethyl adjacent to an activating group) is 1. The number of nitrogens with one attached hydrogen (secondary N) is 1. The molecule has 1 fully saturated rings. The summed E-state index contributed by atoms with van der Waals surface area (Å²) < 4.78 is 1.17. The van der Waals surface area contributed by atoms with Crippen LogP contribution in [0.3, 0.4) is 0 Å². The van der Waals surface area contributed by atoms with Crippen molar-refractivity contribution in [1.82, 2.24) is 5.32 Å². The first-order chi connectivity index (χ1) is 7.19. The molecule has 1 heterocycles. The summed E-state index contributed by atoms with van der Waals surface area (Å²) in [6.07, 6.45) is 1.24. The molecule has 2 nitrogen and oxygen atoms in total. The molecule has 0 bridgehead atoms. The van der Waals surface area contributed by atoms with Crippen LogP contribution < -0.4 is 10.2 Å². The van der Waals surface area contributed by atoms with E-state index in [1.54, 1.807) is 0 Å². The summed E-state index contributed by atoms with van der Waals surface area (Å²) in [5.41, 5.74) is 2.65. The molecule has 1 aromatic rings. The van der Waals surface area contributed by atoms with Gasteiger partial charge in [0.05, 0.1) is 0 Å². The molecule has 1 atom stereocenters. The SMILES string of the molecule is CNC1CCN(c2cc(C)cc(Br)c2)C1. The molecule has 0 radical (unpaired) electrons. The zero-order valence-electron chi connectivity index (χ0n) is 9.26. The van der Waals surface area contributed by atoms with Crippen molar-refractivity contribution in [3.63, 3.8) is 0 Å². The highest BCUT2D eigenvalue weighted by Gasteiger charge is 2.21. The Morgan fingerprint density at radius 2 is 2.20 bits per heavy atom. The highest BCUT2D eigenvalue weighted by Crippen LogP contribution is 2.25. The minimum atomic E-state index is 0.643. The van der Waals surface area contributed by atoms with Gasteiger partial charge in [-0.3, -0.25) is 0 Å². The maximum absolute atomic E-state index is 3.55. The van der Waals surface area contributed by atoms with Crippen molar-refractivity contribution in [3.8, 4) is 0 Å². The first kappa shape index (κ1) is 11.0. The molecular formula is C12H17BrN2. The summed E-state index contributed by atoms with van der Waals surface area (Å²) in [5.74, 6) is 0. The van der Waals surface area contributed by atoms with E-state index >= 15 is 0 Å². The molecule has 1 aliphatic heterocycles. The molecule has 1 N–H and O–H groups in total. The third-order valence-electron chi connectivity index (χ3n) is 2.99. The Bertz CT molecular complexity index is 331. The summed E-state index contributed by atoms with van der Waals surface area (Å²) >= 11 is 3.55. The van der Waals surface area contributed by atoms with Crippen LogP contribution in [0.1, 0.15) is 12.0 Å². The van der Waals surface area contributed by atoms with E-state index in [0.717, 1.165) is 13.1 Å². The summed E-state index contributed by atoms with van der Waals surface area (Å²) in [4.78, 5) is 2.44. The Kier molecular flexibility index (Phi) is 3.32. The molecule has 2 rings (SSSR count). The molecular weight excluding hydrogens is 252 g/mol. The van der Waals surface area contributed by atoms with Gasteiger partial charge in [0.25, 0.3) is 0 Å². The maximum atomic E-state index is 3.55. The second kappa shape index (κ2) is 4.54. The fourth-order valence-corrected chi connectivity index (χ4v) is 2.73. The van der Waals surface area contributed by atoms with Gasteiger partial charge in [-0.15, -0.1) is 0 Å². The Morgan fingerprint density at radius 3 is 2.80 bits per heavy atom. The van der Waals surface area contributed by atoms with Crippen molar-refractivity contribution in [2.75, 3.05) is 25.0 Å². The monoisotopic (exact) mass is 268 g/mol. The highest BCUT2D eigenvalue weighted by atomic mass is 79.9. The first-order valence-electron chi connectivity index (χ1n) is 5.38. The number of benzene rings is 1. The summed E-state index contributed by atoms with van der Waals surface area (Å²) in [5, 5.41) is 3.34. The third-order valence-corrected chi connectivity index (χ3v) is 3.45. The Morgan fingerprint density at radius 1 is 1.40 bits per heavy atom. The van der Waals surface area contributed by atoms with Crippen LogP contribution in [0.25, 0.3) is 0 Å². The van der Waals surface area contributed by atoms with Gasteiger partial charge in [0.2, 0.25) is 0 Å². The van der Waals surface area contributed by atoms with Crippen LogP contribution in [0.5, 0.6) is 0 Å². The minimum Gasteiger partial charge on any atom is -0.370 e. The van der Waals surface area contributed by atoms with Crippen molar-refractivity contribution < 1.29 is 0 Å². The van der Waals surface area contributed by atoms with Gasteiger partial charge in [-0.25, -0.2) is 0 Å². The number of anilines is 1. The number of hydrogen-bond donors (Lipinski definition) is 1. The van der Waals surface area contributed by atoms with Crippen LogP contribution in [0.15, 0.2) is 22.7 Å². The molecule has 0 spiro atoms. The van der Waals surface area contributed by atoms with Gasteiger partial charge in [0.15, 0.2) is 0 Å². The van der Waals surface area contributed by atoms with Crippen LogP contribution in [0, 0.1) is 6.92 Å². The van der Waals surface area contributed by atoms with Gasteiger partial charge in [0.1, 0.15) is 0 Å². The Hall–Kier alpha value is -0.540. The van der Waals surface area contributed by atoms with E-state index in [4.69, 9.17) is 0 Å². The van der Waals surface area contributed by atoms with E-state index in [2.05, 4.69) is 51.3 Å². The van der Waals surface area contributed by atoms with Gasteiger partial charge in [0, 0.05) is 29.3 Å². The zero-order valence-corrected chi connectivity index (χ0v) is 10.8. The predicted molar refractivity (Wildman–Crippen MR) is 68.6 cm³/mol. The predicted octanol–water partition coefficient (Wildman–Crippen LogP) is 2.56. The van der Waals surface area contributed by atoms with Crippen molar-refractivity contribution in [2.24, 2.45) is 0 Å². The normalized spacial score (nSPS) is 21.0. The van der Waals surface area contributed by atoms with Crippen LogP contribution >= 0.6 is 15.9 Å². The molecule has 1 aromatic carbocycles. The lowest BCUT2D eigenvalue weighted by Crippen LogP contribution is -2.29. The van der Waals surface area contributed by atoms with E-state index in [0.29, 0.717) is 6.04 Å². The molecule has 0 aliphatic carbocycles. The minimum absolute atomic E-state index is 0.643. The fraction of sp³-hybridized carbons (Fsp3) is 0.500. The van der Waals surface area contributed by atoms with Crippen LogP contribution in [-0.2, 0) is 0 Å². The van der Waals surface area contributed by atoms with Crippen molar-refractivity contribution in [1.29, 1.82) is 0 Å². The number of rotatable bonds is 2. The zero-order chi connectivity index (χ0) is 10.8. The van der Waals surface area contributed by atoms with Crippen molar-refractivity contribution in [2.45, 2.75) is 19.4 Å². The largest absolute Gasteiger partial charge is 0.370 e. The van der Waals surface area contributed by atoms with E-state index in [1.165, 1.54) is 22.1 Å². The molecule has 15 heavy (non-hydrogen) atoms. The van der Waals surface area contributed by atoms with Crippen molar-refractivity contribution in [3.05, 3.63) is 28.2 Å². The number of aryl methyl sites for hydroxylation is 1.